The maximum atomic E-state index is 11.6. The number of rotatable bonds is 5. The second kappa shape index (κ2) is 7.71. The van der Waals surface area contributed by atoms with Crippen LogP contribution in [0.3, 0.4) is 0 Å². The zero-order valence-corrected chi connectivity index (χ0v) is 10.6. The van der Waals surface area contributed by atoms with Crippen molar-refractivity contribution in [3.05, 3.63) is 35.4 Å². The molecule has 0 saturated carbocycles. The molecular formula is C13H15N3O3. The Bertz CT molecular complexity index is 477. The Labute approximate surface area is 111 Å². The van der Waals surface area contributed by atoms with E-state index in [1.807, 2.05) is 13.0 Å². The zero-order chi connectivity index (χ0) is 14.1. The summed E-state index contributed by atoms with van der Waals surface area (Å²) >= 11 is 0. The number of esters is 1. The fourth-order valence-electron chi connectivity index (χ4n) is 1.30. The molecule has 1 aromatic rings. The van der Waals surface area contributed by atoms with E-state index < -0.39 is 5.97 Å². The van der Waals surface area contributed by atoms with Gasteiger partial charge in [-0.2, -0.15) is 5.26 Å². The molecule has 0 aliphatic heterocycles. The summed E-state index contributed by atoms with van der Waals surface area (Å²) in [5.74, 6) is -0.484. The topological polar surface area (TPSA) is 91.2 Å². The van der Waals surface area contributed by atoms with Gasteiger partial charge in [0.15, 0.2) is 0 Å². The number of nitriles is 1. The van der Waals surface area contributed by atoms with E-state index in [2.05, 4.69) is 10.6 Å². The van der Waals surface area contributed by atoms with E-state index >= 15 is 0 Å². The van der Waals surface area contributed by atoms with Crippen molar-refractivity contribution in [2.75, 3.05) is 19.7 Å². The number of amides is 2. The molecule has 2 N–H and O–H groups in total. The van der Waals surface area contributed by atoms with Crippen molar-refractivity contribution in [2.24, 2.45) is 0 Å². The minimum Gasteiger partial charge on any atom is -0.460 e. The lowest BCUT2D eigenvalue weighted by atomic mass is 10.1. The molecule has 0 saturated heterocycles. The lowest BCUT2D eigenvalue weighted by molar-refractivity contribution is 0.0510. The number of hydrogen-bond donors (Lipinski definition) is 2. The SMILES string of the molecule is CCNC(=O)NCCOC(=O)c1ccc(C#N)cc1. The first-order chi connectivity index (χ1) is 9.17. The third-order valence-corrected chi connectivity index (χ3v) is 2.21. The molecule has 6 heteroatoms. The Hall–Kier alpha value is -2.55. The summed E-state index contributed by atoms with van der Waals surface area (Å²) in [4.78, 5) is 22.6. The predicted octanol–water partition coefficient (Wildman–Crippen LogP) is 1.03. The molecule has 0 spiro atoms. The van der Waals surface area contributed by atoms with Gasteiger partial charge in [-0.15, -0.1) is 0 Å². The number of benzene rings is 1. The Morgan fingerprint density at radius 2 is 1.95 bits per heavy atom. The van der Waals surface area contributed by atoms with Crippen LogP contribution in [0.15, 0.2) is 24.3 Å². The highest BCUT2D eigenvalue weighted by atomic mass is 16.5. The van der Waals surface area contributed by atoms with Crippen molar-refractivity contribution in [3.8, 4) is 6.07 Å². The van der Waals surface area contributed by atoms with Crippen LogP contribution >= 0.6 is 0 Å². The van der Waals surface area contributed by atoms with E-state index in [1.54, 1.807) is 12.1 Å². The fourth-order valence-corrected chi connectivity index (χ4v) is 1.30. The van der Waals surface area contributed by atoms with Crippen LogP contribution in [0.1, 0.15) is 22.8 Å². The standard InChI is InChI=1S/C13H15N3O3/c1-2-15-13(18)16-7-8-19-12(17)11-5-3-10(9-14)4-6-11/h3-6H,2,7-8H2,1H3,(H2,15,16,18). The second-order valence-electron chi connectivity index (χ2n) is 3.61. The number of hydrogen-bond acceptors (Lipinski definition) is 4. The van der Waals surface area contributed by atoms with Gasteiger partial charge in [0.2, 0.25) is 0 Å². The molecule has 2 amide bonds. The largest absolute Gasteiger partial charge is 0.460 e. The van der Waals surface area contributed by atoms with Gasteiger partial charge in [0.25, 0.3) is 0 Å². The van der Waals surface area contributed by atoms with Crippen LogP contribution in [0.5, 0.6) is 0 Å². The highest BCUT2D eigenvalue weighted by molar-refractivity contribution is 5.89. The van der Waals surface area contributed by atoms with Gasteiger partial charge in [-0.3, -0.25) is 0 Å². The fraction of sp³-hybridized carbons (Fsp3) is 0.308. The van der Waals surface area contributed by atoms with Crippen LogP contribution in [0.2, 0.25) is 0 Å². The van der Waals surface area contributed by atoms with Crippen LogP contribution in [0.25, 0.3) is 0 Å². The minimum atomic E-state index is -0.484. The van der Waals surface area contributed by atoms with Crippen molar-refractivity contribution in [3.63, 3.8) is 0 Å². The molecule has 0 heterocycles. The molecule has 1 rings (SSSR count). The van der Waals surface area contributed by atoms with E-state index in [9.17, 15) is 9.59 Å². The molecule has 0 unspecified atom stereocenters. The van der Waals surface area contributed by atoms with Crippen LogP contribution in [0.4, 0.5) is 4.79 Å². The van der Waals surface area contributed by atoms with Crippen molar-refractivity contribution < 1.29 is 14.3 Å². The summed E-state index contributed by atoms with van der Waals surface area (Å²) in [5, 5.41) is 13.7. The molecule has 19 heavy (non-hydrogen) atoms. The minimum absolute atomic E-state index is 0.0932. The number of nitrogens with one attached hydrogen (secondary N) is 2. The van der Waals surface area contributed by atoms with Gasteiger partial charge in [0, 0.05) is 6.54 Å². The number of ether oxygens (including phenoxy) is 1. The summed E-state index contributed by atoms with van der Waals surface area (Å²) in [6.45, 7) is 2.69. The Morgan fingerprint density at radius 1 is 1.26 bits per heavy atom. The predicted molar refractivity (Wildman–Crippen MR) is 68.5 cm³/mol. The van der Waals surface area contributed by atoms with Gasteiger partial charge in [-0.1, -0.05) is 0 Å². The summed E-state index contributed by atoms with van der Waals surface area (Å²) in [6, 6.07) is 7.81. The lowest BCUT2D eigenvalue weighted by Crippen LogP contribution is -2.37. The smallest absolute Gasteiger partial charge is 0.338 e. The van der Waals surface area contributed by atoms with Crippen LogP contribution in [0, 0.1) is 11.3 Å². The van der Waals surface area contributed by atoms with Crippen molar-refractivity contribution in [1.29, 1.82) is 5.26 Å². The van der Waals surface area contributed by atoms with E-state index in [-0.39, 0.29) is 19.2 Å². The van der Waals surface area contributed by atoms with Gasteiger partial charge in [-0.05, 0) is 31.2 Å². The number of urea groups is 1. The lowest BCUT2D eigenvalue weighted by Gasteiger charge is -2.07. The average molecular weight is 261 g/mol. The Balaban J connectivity index is 2.31. The highest BCUT2D eigenvalue weighted by Crippen LogP contribution is 2.04. The van der Waals surface area contributed by atoms with Gasteiger partial charge < -0.3 is 15.4 Å². The molecule has 100 valence electrons. The molecule has 0 radical (unpaired) electrons. The molecule has 6 nitrogen and oxygen atoms in total. The number of carbonyl (C=O) groups is 2. The molecule has 0 atom stereocenters. The summed E-state index contributed by atoms with van der Waals surface area (Å²) in [5.41, 5.74) is 0.853. The van der Waals surface area contributed by atoms with E-state index in [4.69, 9.17) is 10.00 Å². The third kappa shape index (κ3) is 5.08. The quantitative estimate of drug-likeness (QED) is 0.612. The first-order valence-corrected chi connectivity index (χ1v) is 5.86. The Kier molecular flexibility index (Phi) is 5.89. The maximum Gasteiger partial charge on any atom is 0.338 e. The summed E-state index contributed by atoms with van der Waals surface area (Å²) in [6.07, 6.45) is 0. The first-order valence-electron chi connectivity index (χ1n) is 5.86. The molecule has 0 bridgehead atoms. The van der Waals surface area contributed by atoms with E-state index in [0.717, 1.165) is 0 Å². The van der Waals surface area contributed by atoms with Crippen LogP contribution in [-0.4, -0.2) is 31.7 Å². The molecular weight excluding hydrogens is 246 g/mol. The molecule has 0 aromatic heterocycles. The molecule has 0 aliphatic carbocycles. The van der Waals surface area contributed by atoms with Gasteiger partial charge >= 0.3 is 12.0 Å². The van der Waals surface area contributed by atoms with Crippen LogP contribution in [-0.2, 0) is 4.74 Å². The van der Waals surface area contributed by atoms with Gasteiger partial charge in [0.05, 0.1) is 23.7 Å². The summed E-state index contributed by atoms with van der Waals surface area (Å²) < 4.78 is 4.97. The molecule has 1 aromatic carbocycles. The zero-order valence-electron chi connectivity index (χ0n) is 10.6. The van der Waals surface area contributed by atoms with Gasteiger partial charge in [-0.25, -0.2) is 9.59 Å². The van der Waals surface area contributed by atoms with Crippen LogP contribution < -0.4 is 10.6 Å². The van der Waals surface area contributed by atoms with E-state index in [0.29, 0.717) is 17.7 Å². The second-order valence-corrected chi connectivity index (χ2v) is 3.61. The van der Waals surface area contributed by atoms with Crippen molar-refractivity contribution in [2.45, 2.75) is 6.92 Å². The van der Waals surface area contributed by atoms with Crippen molar-refractivity contribution in [1.82, 2.24) is 10.6 Å². The normalized spacial score (nSPS) is 9.26. The van der Waals surface area contributed by atoms with E-state index in [1.165, 1.54) is 12.1 Å². The molecule has 0 aliphatic rings. The molecule has 0 fully saturated rings. The van der Waals surface area contributed by atoms with Crippen molar-refractivity contribution >= 4 is 12.0 Å². The highest BCUT2D eigenvalue weighted by Gasteiger charge is 2.06. The van der Waals surface area contributed by atoms with Gasteiger partial charge in [0.1, 0.15) is 6.61 Å². The summed E-state index contributed by atoms with van der Waals surface area (Å²) in [7, 11) is 0. The third-order valence-electron chi connectivity index (χ3n) is 2.21. The first kappa shape index (κ1) is 14.5. The Morgan fingerprint density at radius 3 is 2.53 bits per heavy atom. The average Bonchev–Trinajstić information content (AvgIpc) is 2.44. The maximum absolute atomic E-state index is 11.6. The number of nitrogens with zero attached hydrogens (tertiary/aromatic N) is 1. The monoisotopic (exact) mass is 261 g/mol. The number of carbonyl (C=O) groups excluding carboxylic acids is 2.